The molecule has 6 N–H and O–H groups in total. The average molecular weight is 399 g/mol. The zero-order valence-corrected chi connectivity index (χ0v) is 15.5. The summed E-state index contributed by atoms with van der Waals surface area (Å²) >= 11 is 0. The first-order valence-corrected chi connectivity index (χ1v) is 10.3. The van der Waals surface area contributed by atoms with Gasteiger partial charge < -0.3 is 25.4 Å². The standard InChI is InChI=1S/C15H23N6O5S/c1-27(3-2-9(16)25-7-22)4-8-11(23)12(24)15(26-8)21-6-20-10-13(17)18-5-19-14(10)21/h5-9,11-12,15,23-24H,2-4,16H2,1H3,(H2,17,18,19)/q+1/t8-,9?,11-,12-,15?,27?/m1/s1. The van der Waals surface area contributed by atoms with Crippen LogP contribution in [0.4, 0.5) is 5.82 Å². The number of rotatable bonds is 8. The smallest absolute Gasteiger partial charge is 0.294 e. The van der Waals surface area contributed by atoms with Gasteiger partial charge in [-0.25, -0.2) is 15.0 Å². The third kappa shape index (κ3) is 4.14. The number of hydrogen-bond donors (Lipinski definition) is 4. The van der Waals surface area contributed by atoms with E-state index < -0.39 is 30.8 Å². The van der Waals surface area contributed by atoms with Gasteiger partial charge in [-0.05, 0) is 10.9 Å². The Morgan fingerprint density at radius 1 is 1.41 bits per heavy atom. The number of aliphatic hydroxyl groups is 2. The van der Waals surface area contributed by atoms with Crippen molar-refractivity contribution < 1.29 is 24.5 Å². The maximum atomic E-state index is 10.5. The summed E-state index contributed by atoms with van der Waals surface area (Å²) in [4.78, 5) is 22.5. The van der Waals surface area contributed by atoms with Gasteiger partial charge >= 0.3 is 0 Å². The summed E-state index contributed by atoms with van der Waals surface area (Å²) in [6.45, 7) is 0.328. The molecule has 0 aliphatic carbocycles. The first kappa shape index (κ1) is 19.8. The van der Waals surface area contributed by atoms with E-state index in [1.54, 1.807) is 4.57 Å². The number of carbonyl (C=O) groups is 1. The highest BCUT2D eigenvalue weighted by Crippen LogP contribution is 2.32. The highest BCUT2D eigenvalue weighted by atomic mass is 32.2. The van der Waals surface area contributed by atoms with Crippen LogP contribution in [0.5, 0.6) is 0 Å². The second kappa shape index (κ2) is 8.35. The molecule has 2 aromatic rings. The minimum atomic E-state index is -1.14. The van der Waals surface area contributed by atoms with E-state index in [1.165, 1.54) is 12.7 Å². The fourth-order valence-corrected chi connectivity index (χ4v) is 4.61. The molecule has 3 heterocycles. The van der Waals surface area contributed by atoms with Crippen LogP contribution in [0.1, 0.15) is 12.6 Å². The molecule has 0 spiro atoms. The van der Waals surface area contributed by atoms with Crippen molar-refractivity contribution in [2.45, 2.75) is 37.2 Å². The molecule has 1 fully saturated rings. The van der Waals surface area contributed by atoms with Crippen LogP contribution < -0.4 is 11.5 Å². The predicted molar refractivity (Wildman–Crippen MR) is 98.4 cm³/mol. The second-order valence-electron chi connectivity index (χ2n) is 6.34. The van der Waals surface area contributed by atoms with Gasteiger partial charge in [0.25, 0.3) is 6.47 Å². The van der Waals surface area contributed by atoms with Crippen molar-refractivity contribution in [1.29, 1.82) is 0 Å². The summed E-state index contributed by atoms with van der Waals surface area (Å²) < 4.78 is 12.1. The molecule has 0 radical (unpaired) electrons. The Labute approximate surface area is 158 Å². The van der Waals surface area contributed by atoms with Crippen LogP contribution >= 0.6 is 0 Å². The lowest BCUT2D eigenvalue weighted by atomic mass is 10.1. The highest BCUT2D eigenvalue weighted by Gasteiger charge is 2.46. The molecule has 3 unspecified atom stereocenters. The number of aliphatic hydroxyl groups excluding tert-OH is 2. The van der Waals surface area contributed by atoms with Gasteiger partial charge in [0.05, 0.1) is 12.6 Å². The number of anilines is 1. The van der Waals surface area contributed by atoms with Gasteiger partial charge in [-0.2, -0.15) is 0 Å². The molecular formula is C15H23N6O5S+. The maximum Gasteiger partial charge on any atom is 0.294 e. The van der Waals surface area contributed by atoms with Gasteiger partial charge in [0.2, 0.25) is 0 Å². The Kier molecular flexibility index (Phi) is 6.11. The minimum absolute atomic E-state index is 0.155. The number of imidazole rings is 1. The molecule has 0 aromatic carbocycles. The molecule has 148 valence electrons. The van der Waals surface area contributed by atoms with Crippen molar-refractivity contribution in [3.63, 3.8) is 0 Å². The van der Waals surface area contributed by atoms with Crippen molar-refractivity contribution in [2.24, 2.45) is 5.73 Å². The minimum Gasteiger partial charge on any atom is -0.449 e. The lowest BCUT2D eigenvalue weighted by molar-refractivity contribution is -0.133. The van der Waals surface area contributed by atoms with E-state index in [-0.39, 0.29) is 16.7 Å². The number of nitrogen functional groups attached to an aromatic ring is 1. The summed E-state index contributed by atoms with van der Waals surface area (Å²) in [5.74, 6) is 1.47. The lowest BCUT2D eigenvalue weighted by Gasteiger charge is -2.16. The number of hydrogen-bond acceptors (Lipinski definition) is 10. The number of aromatic nitrogens is 4. The lowest BCUT2D eigenvalue weighted by Crippen LogP contribution is -2.36. The molecular weight excluding hydrogens is 376 g/mol. The number of ether oxygens (including phenoxy) is 2. The molecule has 0 bridgehead atoms. The Balaban J connectivity index is 1.66. The quantitative estimate of drug-likeness (QED) is 0.224. The summed E-state index contributed by atoms with van der Waals surface area (Å²) in [6.07, 6.45) is 1.05. The number of carbonyl (C=O) groups excluding carboxylic acids is 1. The van der Waals surface area contributed by atoms with Gasteiger partial charge in [-0.3, -0.25) is 15.1 Å². The molecule has 1 aliphatic rings. The van der Waals surface area contributed by atoms with Crippen molar-refractivity contribution in [3.8, 4) is 0 Å². The summed E-state index contributed by atoms with van der Waals surface area (Å²) in [6, 6.07) is 0. The normalized spacial score (nSPS) is 27.6. The van der Waals surface area contributed by atoms with E-state index in [2.05, 4.69) is 19.7 Å². The van der Waals surface area contributed by atoms with Crippen LogP contribution in [0.15, 0.2) is 12.7 Å². The second-order valence-corrected chi connectivity index (χ2v) is 8.65. The van der Waals surface area contributed by atoms with E-state index in [0.29, 0.717) is 35.6 Å². The van der Waals surface area contributed by atoms with Gasteiger partial charge in [-0.1, -0.05) is 0 Å². The van der Waals surface area contributed by atoms with Crippen molar-refractivity contribution >= 4 is 34.3 Å². The Bertz CT molecular complexity index is 791. The van der Waals surface area contributed by atoms with E-state index in [4.69, 9.17) is 16.2 Å². The van der Waals surface area contributed by atoms with Crippen LogP contribution in [0, 0.1) is 0 Å². The molecule has 3 rings (SSSR count). The molecule has 1 aliphatic heterocycles. The highest BCUT2D eigenvalue weighted by molar-refractivity contribution is 7.96. The third-order valence-corrected chi connectivity index (χ3v) is 6.26. The number of nitrogens with zero attached hydrogens (tertiary/aromatic N) is 4. The molecule has 27 heavy (non-hydrogen) atoms. The molecule has 2 aromatic heterocycles. The van der Waals surface area contributed by atoms with Gasteiger partial charge in [0, 0.05) is 6.42 Å². The van der Waals surface area contributed by atoms with Gasteiger partial charge in [-0.15, -0.1) is 0 Å². The van der Waals surface area contributed by atoms with Crippen LogP contribution in [-0.2, 0) is 25.2 Å². The van der Waals surface area contributed by atoms with E-state index >= 15 is 0 Å². The fourth-order valence-electron chi connectivity index (χ4n) is 2.97. The predicted octanol–water partition coefficient (Wildman–Crippen LogP) is -1.88. The van der Waals surface area contributed by atoms with Crippen molar-refractivity contribution in [1.82, 2.24) is 19.5 Å². The van der Waals surface area contributed by atoms with Gasteiger partial charge in [0.15, 0.2) is 23.9 Å². The number of fused-ring (bicyclic) bond motifs is 1. The fraction of sp³-hybridized carbons (Fsp3) is 0.600. The Morgan fingerprint density at radius 2 is 2.19 bits per heavy atom. The van der Waals surface area contributed by atoms with Crippen LogP contribution in [0.25, 0.3) is 11.2 Å². The maximum absolute atomic E-state index is 10.5. The van der Waals surface area contributed by atoms with Gasteiger partial charge in [0.1, 0.15) is 41.7 Å². The Hall–Kier alpha value is -1.99. The third-order valence-electron chi connectivity index (χ3n) is 4.43. The summed E-state index contributed by atoms with van der Waals surface area (Å²) in [5.41, 5.74) is 12.3. The molecule has 6 atom stereocenters. The molecule has 1 saturated heterocycles. The van der Waals surface area contributed by atoms with Crippen molar-refractivity contribution in [2.75, 3.05) is 23.5 Å². The van der Waals surface area contributed by atoms with Crippen LogP contribution in [0.2, 0.25) is 0 Å². The van der Waals surface area contributed by atoms with Crippen molar-refractivity contribution in [3.05, 3.63) is 12.7 Å². The zero-order chi connectivity index (χ0) is 19.6. The van der Waals surface area contributed by atoms with E-state index in [1.807, 2.05) is 6.26 Å². The topological polar surface area (TPSA) is 172 Å². The molecule has 0 saturated carbocycles. The monoisotopic (exact) mass is 399 g/mol. The largest absolute Gasteiger partial charge is 0.449 e. The molecule has 0 amide bonds. The summed E-state index contributed by atoms with van der Waals surface area (Å²) in [5, 5.41) is 20.9. The van der Waals surface area contributed by atoms with Crippen LogP contribution in [0.3, 0.4) is 0 Å². The molecule has 12 heteroatoms. The Morgan fingerprint density at radius 3 is 2.93 bits per heavy atom. The first-order chi connectivity index (χ1) is 12.9. The summed E-state index contributed by atoms with van der Waals surface area (Å²) in [7, 11) is -0.155. The molecule has 11 nitrogen and oxygen atoms in total. The van der Waals surface area contributed by atoms with Crippen LogP contribution in [-0.4, -0.2) is 78.5 Å². The number of nitrogens with two attached hydrogens (primary N) is 2. The average Bonchev–Trinajstić information content (AvgIpc) is 3.18. The van der Waals surface area contributed by atoms with E-state index in [0.717, 1.165) is 0 Å². The first-order valence-electron chi connectivity index (χ1n) is 8.30. The SMILES string of the molecule is C[S+](CCC(N)OC=O)C[C@H]1OC(n2cnc3c(N)ncnc32)[C@H](O)[C@@H]1O. The zero-order valence-electron chi connectivity index (χ0n) is 14.7. The van der Waals surface area contributed by atoms with E-state index in [9.17, 15) is 15.0 Å².